The number of nitrogens with two attached hydrogens (primary N) is 1. The average Bonchev–Trinajstić information content (AvgIpc) is 2.42. The monoisotopic (exact) mass is 370 g/mol. The highest BCUT2D eigenvalue weighted by molar-refractivity contribution is 7.89. The van der Waals surface area contributed by atoms with Gasteiger partial charge in [0, 0.05) is 19.1 Å². The van der Waals surface area contributed by atoms with Crippen LogP contribution in [0.3, 0.4) is 0 Å². The second kappa shape index (κ2) is 7.45. The summed E-state index contributed by atoms with van der Waals surface area (Å²) in [6, 6.07) is 2.41. The van der Waals surface area contributed by atoms with Gasteiger partial charge in [0.15, 0.2) is 0 Å². The van der Waals surface area contributed by atoms with E-state index in [-0.39, 0.29) is 33.9 Å². The Labute approximate surface area is 142 Å². The highest BCUT2D eigenvalue weighted by atomic mass is 35.5. The first-order valence-corrected chi connectivity index (χ1v) is 8.76. The van der Waals surface area contributed by atoms with E-state index in [0.717, 1.165) is 18.9 Å². The van der Waals surface area contributed by atoms with Crippen molar-refractivity contribution in [2.24, 2.45) is 11.7 Å². The lowest BCUT2D eigenvalue weighted by atomic mass is 9.92. The minimum absolute atomic E-state index is 0. The van der Waals surface area contributed by atoms with Crippen molar-refractivity contribution in [3.05, 3.63) is 28.5 Å². The summed E-state index contributed by atoms with van der Waals surface area (Å²) >= 11 is 5.92. The third-order valence-electron chi connectivity index (χ3n) is 4.07. The largest absolute Gasteiger partial charge is 0.328 e. The molecule has 1 aliphatic rings. The van der Waals surface area contributed by atoms with Crippen LogP contribution in [0, 0.1) is 18.7 Å². The van der Waals surface area contributed by atoms with Crippen LogP contribution in [0.15, 0.2) is 17.0 Å². The van der Waals surface area contributed by atoms with Crippen molar-refractivity contribution in [2.75, 3.05) is 13.1 Å². The number of piperidine rings is 1. The van der Waals surface area contributed by atoms with E-state index in [1.54, 1.807) is 0 Å². The van der Waals surface area contributed by atoms with Crippen LogP contribution >= 0.6 is 24.0 Å². The number of benzene rings is 1. The molecule has 1 atom stereocenters. The second-order valence-electron chi connectivity index (χ2n) is 5.63. The summed E-state index contributed by atoms with van der Waals surface area (Å²) in [5.41, 5.74) is 6.13. The lowest BCUT2D eigenvalue weighted by Crippen LogP contribution is -2.42. The van der Waals surface area contributed by atoms with Crippen LogP contribution in [0.25, 0.3) is 0 Å². The first kappa shape index (κ1) is 19.6. The number of sulfonamides is 1. The molecule has 1 unspecified atom stereocenters. The lowest BCUT2D eigenvalue weighted by molar-refractivity contribution is 0.250. The van der Waals surface area contributed by atoms with Gasteiger partial charge in [-0.25, -0.2) is 12.8 Å². The Morgan fingerprint density at radius 1 is 1.36 bits per heavy atom. The van der Waals surface area contributed by atoms with Gasteiger partial charge in [-0.2, -0.15) is 4.31 Å². The fourth-order valence-electron chi connectivity index (χ4n) is 2.61. The highest BCUT2D eigenvalue weighted by Crippen LogP contribution is 2.30. The molecule has 1 aliphatic heterocycles. The van der Waals surface area contributed by atoms with Crippen molar-refractivity contribution in [1.82, 2.24) is 4.31 Å². The van der Waals surface area contributed by atoms with Gasteiger partial charge < -0.3 is 5.73 Å². The summed E-state index contributed by atoms with van der Waals surface area (Å²) in [6.07, 6.45) is 1.46. The maximum atomic E-state index is 13.4. The molecule has 0 saturated carbocycles. The van der Waals surface area contributed by atoms with E-state index in [0.29, 0.717) is 19.0 Å². The van der Waals surface area contributed by atoms with E-state index in [4.69, 9.17) is 17.3 Å². The van der Waals surface area contributed by atoms with E-state index < -0.39 is 15.8 Å². The Morgan fingerprint density at radius 3 is 2.41 bits per heavy atom. The maximum absolute atomic E-state index is 13.4. The fraction of sp³-hybridized carbons (Fsp3) is 0.571. The number of rotatable bonds is 3. The second-order valence-corrected chi connectivity index (χ2v) is 7.95. The predicted octanol–water partition coefficient (Wildman–Crippen LogP) is 2.96. The minimum atomic E-state index is -3.69. The summed E-state index contributed by atoms with van der Waals surface area (Å²) in [5, 5.41) is -0.0765. The smallest absolute Gasteiger partial charge is 0.244 e. The van der Waals surface area contributed by atoms with E-state index in [9.17, 15) is 12.8 Å². The van der Waals surface area contributed by atoms with Gasteiger partial charge in [-0.1, -0.05) is 11.6 Å². The number of aryl methyl sites for hydroxylation is 1. The molecule has 2 rings (SSSR count). The molecule has 1 aromatic carbocycles. The molecule has 0 aromatic heterocycles. The van der Waals surface area contributed by atoms with Crippen LogP contribution in [0.2, 0.25) is 5.02 Å². The minimum Gasteiger partial charge on any atom is -0.328 e. The maximum Gasteiger partial charge on any atom is 0.244 e. The van der Waals surface area contributed by atoms with Crippen molar-refractivity contribution in [3.8, 4) is 0 Å². The Kier molecular flexibility index (Phi) is 6.65. The first-order valence-electron chi connectivity index (χ1n) is 6.95. The Bertz CT molecular complexity index is 630. The zero-order valence-electron chi connectivity index (χ0n) is 12.6. The highest BCUT2D eigenvalue weighted by Gasteiger charge is 2.32. The van der Waals surface area contributed by atoms with Gasteiger partial charge in [0.1, 0.15) is 10.7 Å². The standard InChI is InChI=1S/C14H20ClFN2O2S.ClH/c1-9-7-14(12(15)8-13(9)16)21(19,20)18-5-3-11(4-6-18)10(2)17;/h7-8,10-11H,3-6,17H2,1-2H3;1H. The van der Waals surface area contributed by atoms with Crippen molar-refractivity contribution in [3.63, 3.8) is 0 Å². The molecule has 126 valence electrons. The molecular weight excluding hydrogens is 350 g/mol. The van der Waals surface area contributed by atoms with Crippen LogP contribution in [0.5, 0.6) is 0 Å². The van der Waals surface area contributed by atoms with E-state index in [1.807, 2.05) is 6.92 Å². The van der Waals surface area contributed by atoms with E-state index >= 15 is 0 Å². The third kappa shape index (κ3) is 3.92. The molecule has 0 radical (unpaired) electrons. The van der Waals surface area contributed by atoms with Crippen molar-refractivity contribution < 1.29 is 12.8 Å². The molecule has 1 fully saturated rings. The van der Waals surface area contributed by atoms with Crippen LogP contribution in [-0.2, 0) is 10.0 Å². The normalized spacial score (nSPS) is 18.8. The summed E-state index contributed by atoms with van der Waals surface area (Å²) < 4.78 is 40.1. The van der Waals surface area contributed by atoms with Gasteiger partial charge in [-0.15, -0.1) is 12.4 Å². The van der Waals surface area contributed by atoms with Crippen molar-refractivity contribution >= 4 is 34.0 Å². The van der Waals surface area contributed by atoms with E-state index in [1.165, 1.54) is 17.3 Å². The molecule has 2 N–H and O–H groups in total. The van der Waals surface area contributed by atoms with Gasteiger partial charge in [-0.05, 0) is 50.3 Å². The zero-order chi connectivity index (χ0) is 15.8. The molecule has 0 spiro atoms. The van der Waals surface area contributed by atoms with Gasteiger partial charge >= 0.3 is 0 Å². The summed E-state index contributed by atoms with van der Waals surface area (Å²) in [4.78, 5) is -0.0256. The van der Waals surface area contributed by atoms with Gasteiger partial charge in [0.2, 0.25) is 10.0 Å². The molecule has 1 aromatic rings. The molecule has 4 nitrogen and oxygen atoms in total. The quantitative estimate of drug-likeness (QED) is 0.889. The number of hydrogen-bond donors (Lipinski definition) is 1. The molecule has 0 bridgehead atoms. The molecule has 1 saturated heterocycles. The van der Waals surface area contributed by atoms with Crippen LogP contribution in [0.1, 0.15) is 25.3 Å². The molecule has 0 amide bonds. The van der Waals surface area contributed by atoms with Gasteiger partial charge in [-0.3, -0.25) is 0 Å². The predicted molar refractivity (Wildman–Crippen MR) is 88.5 cm³/mol. The summed E-state index contributed by atoms with van der Waals surface area (Å²) in [5.74, 6) is -0.170. The summed E-state index contributed by atoms with van der Waals surface area (Å²) in [7, 11) is -3.69. The van der Waals surface area contributed by atoms with Gasteiger partial charge in [0.05, 0.1) is 5.02 Å². The van der Waals surface area contributed by atoms with Crippen molar-refractivity contribution in [2.45, 2.75) is 37.6 Å². The van der Waals surface area contributed by atoms with Crippen LogP contribution < -0.4 is 5.73 Å². The molecular formula is C14H21Cl2FN2O2S. The molecule has 0 aliphatic carbocycles. The first-order chi connectivity index (χ1) is 9.73. The van der Waals surface area contributed by atoms with Crippen molar-refractivity contribution in [1.29, 1.82) is 0 Å². The molecule has 22 heavy (non-hydrogen) atoms. The fourth-order valence-corrected chi connectivity index (χ4v) is 4.65. The average molecular weight is 371 g/mol. The molecule has 8 heteroatoms. The number of nitrogens with zero attached hydrogens (tertiary/aromatic N) is 1. The Hall–Kier alpha value is -0.400. The summed E-state index contributed by atoms with van der Waals surface area (Å²) in [6.45, 7) is 4.30. The van der Waals surface area contributed by atoms with Crippen LogP contribution in [-0.4, -0.2) is 31.9 Å². The van der Waals surface area contributed by atoms with E-state index in [2.05, 4.69) is 0 Å². The lowest BCUT2D eigenvalue weighted by Gasteiger charge is -2.33. The SMILES string of the molecule is Cc1cc(S(=O)(=O)N2CCC(C(C)N)CC2)c(Cl)cc1F.Cl. The number of hydrogen-bond acceptors (Lipinski definition) is 3. The van der Waals surface area contributed by atoms with Gasteiger partial charge in [0.25, 0.3) is 0 Å². The Morgan fingerprint density at radius 2 is 1.91 bits per heavy atom. The molecule has 1 heterocycles. The topological polar surface area (TPSA) is 63.4 Å². The third-order valence-corrected chi connectivity index (χ3v) is 6.44. The van der Waals surface area contributed by atoms with Crippen LogP contribution in [0.4, 0.5) is 4.39 Å². The Balaban J connectivity index is 0.00000242. The number of halogens is 3. The zero-order valence-corrected chi connectivity index (χ0v) is 14.9.